The van der Waals surface area contributed by atoms with Crippen molar-refractivity contribution in [3.63, 3.8) is 0 Å². The largest absolute Gasteiger partial charge is 0.457 e. The molecule has 0 aliphatic heterocycles. The molecular weight excluding hydrogens is 1650 g/mol. The van der Waals surface area contributed by atoms with E-state index in [1.54, 1.807) is 18.6 Å². The van der Waals surface area contributed by atoms with Crippen LogP contribution in [0.5, 0.6) is 11.5 Å². The number of benzene rings is 12. The highest BCUT2D eigenvalue weighted by atomic mass is 32.2. The molecule has 0 fully saturated rings. The van der Waals surface area contributed by atoms with E-state index in [0.29, 0.717) is 12.8 Å². The monoisotopic (exact) mass is 1740 g/mol. The van der Waals surface area contributed by atoms with Gasteiger partial charge in [-0.2, -0.15) is 33.9 Å². The molecule has 21 nitrogen and oxygen atoms in total. The third kappa shape index (κ3) is 16.6. The summed E-state index contributed by atoms with van der Waals surface area (Å²) in [5, 5.41) is 44.1. The van der Waals surface area contributed by atoms with Crippen LogP contribution in [0.1, 0.15) is 51.7 Å². The van der Waals surface area contributed by atoms with E-state index in [0.717, 1.165) is 119 Å². The number of para-hydroxylation sites is 6. The molecule has 650 valence electrons. The minimum Gasteiger partial charge on any atom is -0.457 e. The number of hydrogen-bond donors (Lipinski definition) is 1. The van der Waals surface area contributed by atoms with Gasteiger partial charge in [0, 0.05) is 197 Å². The maximum atomic E-state index is 11.2. The molecule has 0 spiro atoms. The molecule has 0 radical (unpaired) electrons. The highest BCUT2D eigenvalue weighted by Gasteiger charge is 2.21. The van der Waals surface area contributed by atoms with Gasteiger partial charge in [0.15, 0.2) is 0 Å². The van der Waals surface area contributed by atoms with Gasteiger partial charge in [-0.15, -0.1) is 0 Å². The van der Waals surface area contributed by atoms with E-state index < -0.39 is 10.1 Å². The first-order chi connectivity index (χ1) is 64.3. The lowest BCUT2D eigenvalue weighted by Crippen LogP contribution is -2.09. The van der Waals surface area contributed by atoms with Crippen LogP contribution in [0.25, 0.3) is 166 Å². The summed E-state index contributed by atoms with van der Waals surface area (Å²) in [6.45, 7) is 19.7. The summed E-state index contributed by atoms with van der Waals surface area (Å²) in [4.78, 5) is 4.47. The lowest BCUT2D eigenvalue weighted by Gasteiger charge is -2.10. The van der Waals surface area contributed by atoms with E-state index in [1.165, 1.54) is 109 Å². The standard InChI is InChI=1S/C29H23N3O.C22H18N4.C20H21N3O3S.C19H19N3O.C19H17N3/c1-2-31-28-11-7-6-10-25(28)26-20-22(14-17-29(26)31)32-27(18-19-30-32)21-12-15-24(16-13-21)33-23-8-4-3-5-9-23;1-2-25-20-9-4-3-7-17(20)18-15-16(10-11-21(18)25)26-22(12-14-24-26)19-8-5-6-13-23-19;1-3-22-19-7-5-4-6-17(19)18-14-16(8-9-20(18)22)23-15(10-12-21-23)11-13-26-27(2,24)25;1-2-21-18-6-4-3-5-16(18)17-13-15(7-8-19(17)21)22-14(10-12-23)9-11-20-22;1-3-14-11-12-20-22(14)15-9-10-19-17(13-15)16-7-5-6-8-18(16)21(19)4-2/h3-20H,2H2,1H3;3-15H,2H2,1H3;4-10,12,14H,3,11,13H2,1-2H3;3-9,11,13,23H,2,10,12H2,1H3;3,5-13H,1,4H2,2H3. The fraction of sp³-hybridized carbons (Fsp3) is 0.138. The van der Waals surface area contributed by atoms with E-state index >= 15 is 0 Å². The van der Waals surface area contributed by atoms with Crippen LogP contribution in [0.4, 0.5) is 0 Å². The van der Waals surface area contributed by atoms with E-state index in [1.807, 2.05) is 145 Å². The molecule has 11 aromatic heterocycles. The Morgan fingerprint density at radius 3 is 1.04 bits per heavy atom. The van der Waals surface area contributed by atoms with Crippen molar-refractivity contribution in [2.24, 2.45) is 0 Å². The Morgan fingerprint density at radius 2 is 0.649 bits per heavy atom. The average molecular weight is 1740 g/mol. The minimum absolute atomic E-state index is 0.0991. The quantitative estimate of drug-likeness (QED) is 0.0671. The number of rotatable bonds is 21. The third-order valence-electron chi connectivity index (χ3n) is 24.3. The van der Waals surface area contributed by atoms with Crippen LogP contribution in [0.3, 0.4) is 0 Å². The highest BCUT2D eigenvalue weighted by molar-refractivity contribution is 7.86. The summed E-state index contributed by atoms with van der Waals surface area (Å²) in [7, 11) is -3.44. The summed E-state index contributed by atoms with van der Waals surface area (Å²) in [5.41, 5.74) is 24.6. The molecule has 0 aliphatic carbocycles. The van der Waals surface area contributed by atoms with Gasteiger partial charge in [-0.25, -0.2) is 23.4 Å². The van der Waals surface area contributed by atoms with Gasteiger partial charge in [0.2, 0.25) is 0 Å². The van der Waals surface area contributed by atoms with Gasteiger partial charge in [-0.05, 0) is 241 Å². The number of hydrogen-bond acceptors (Lipinski definition) is 11. The van der Waals surface area contributed by atoms with Crippen molar-refractivity contribution < 1.29 is 22.4 Å². The van der Waals surface area contributed by atoms with E-state index in [-0.39, 0.29) is 13.2 Å². The lowest BCUT2D eigenvalue weighted by molar-refractivity contribution is 0.297. The lowest BCUT2D eigenvalue weighted by atomic mass is 10.1. The molecule has 0 saturated heterocycles. The number of aryl methyl sites for hydroxylation is 5. The first kappa shape index (κ1) is 84.7. The highest BCUT2D eigenvalue weighted by Crippen LogP contribution is 2.39. The van der Waals surface area contributed by atoms with Crippen molar-refractivity contribution in [3.8, 4) is 62.6 Å². The fourth-order valence-corrected chi connectivity index (χ4v) is 18.8. The maximum Gasteiger partial charge on any atom is 0.264 e. The zero-order valence-electron chi connectivity index (χ0n) is 73.8. The number of aromatic nitrogens is 16. The van der Waals surface area contributed by atoms with Crippen molar-refractivity contribution in [2.75, 3.05) is 19.5 Å². The molecule has 11 heterocycles. The second-order valence-electron chi connectivity index (χ2n) is 31.8. The Kier molecular flexibility index (Phi) is 24.1. The Labute approximate surface area is 758 Å². The minimum atomic E-state index is -3.44. The smallest absolute Gasteiger partial charge is 0.264 e. The molecule has 0 saturated carbocycles. The molecule has 0 amide bonds. The van der Waals surface area contributed by atoms with Gasteiger partial charge < -0.3 is 32.7 Å². The fourth-order valence-electron chi connectivity index (χ4n) is 18.4. The summed E-state index contributed by atoms with van der Waals surface area (Å²) >= 11 is 0. The van der Waals surface area contributed by atoms with E-state index in [9.17, 15) is 13.5 Å². The Hall–Kier alpha value is -15.8. The molecule has 12 aromatic carbocycles. The number of pyridine rings is 1. The molecule has 23 rings (SSSR count). The Bertz CT molecular complexity index is 8180. The van der Waals surface area contributed by atoms with Crippen LogP contribution in [-0.4, -0.2) is 110 Å². The molecule has 23 aromatic rings. The van der Waals surface area contributed by atoms with Crippen LogP contribution >= 0.6 is 0 Å². The van der Waals surface area contributed by atoms with Crippen molar-refractivity contribution in [1.29, 1.82) is 0 Å². The van der Waals surface area contributed by atoms with Crippen LogP contribution < -0.4 is 4.74 Å². The van der Waals surface area contributed by atoms with Gasteiger partial charge in [0.25, 0.3) is 10.1 Å². The molecule has 0 bridgehead atoms. The summed E-state index contributed by atoms with van der Waals surface area (Å²) in [5.74, 6) is 1.64. The first-order valence-corrected chi connectivity index (χ1v) is 46.2. The molecule has 22 heteroatoms. The normalized spacial score (nSPS) is 11.6. The average Bonchev–Trinajstić information content (AvgIpc) is 1.56. The van der Waals surface area contributed by atoms with Gasteiger partial charge in [-0.1, -0.05) is 122 Å². The number of aliphatic hydroxyl groups is 1. The SMILES string of the molecule is C=Cc1ccnn1-c1ccc2c(c1)c1ccccc1n2CC.CCn1c2ccccc2c2cc(-n3nccc3-c3ccc(Oc4ccccc4)cc3)ccc21.CCn1c2ccccc2c2cc(-n3nccc3-c3ccccn3)ccc21.CCn1c2ccccc2c2cc(-n3nccc3CCO)ccc21.CCn1c2ccccc2c2cc(-n3nccc3CCOS(C)(=O)=O)ccc21. The molecule has 0 unspecified atom stereocenters. The zero-order chi connectivity index (χ0) is 89.6. The van der Waals surface area contributed by atoms with Crippen molar-refractivity contribution in [3.05, 3.63) is 376 Å². The van der Waals surface area contributed by atoms with Gasteiger partial charge in [-0.3, -0.25) is 9.17 Å². The number of nitrogens with zero attached hydrogens (tertiary/aromatic N) is 16. The zero-order valence-corrected chi connectivity index (χ0v) is 74.6. The molecule has 1 N–H and O–H groups in total. The van der Waals surface area contributed by atoms with E-state index in [2.05, 4.69) is 313 Å². The predicted octanol–water partition coefficient (Wildman–Crippen LogP) is 24.2. The van der Waals surface area contributed by atoms with E-state index in [4.69, 9.17) is 8.92 Å². The first-order valence-electron chi connectivity index (χ1n) is 44.4. The third-order valence-corrected chi connectivity index (χ3v) is 24.9. The molecular formula is C109H98N16O5S. The van der Waals surface area contributed by atoms with Crippen LogP contribution in [0, 0.1) is 0 Å². The number of aliphatic hydroxyl groups excluding tert-OH is 1. The number of fused-ring (bicyclic) bond motifs is 15. The Morgan fingerprint density at radius 1 is 0.321 bits per heavy atom. The maximum absolute atomic E-state index is 11.2. The second-order valence-corrected chi connectivity index (χ2v) is 33.5. The summed E-state index contributed by atoms with van der Waals surface area (Å²) < 4.78 is 54.5. The summed E-state index contributed by atoms with van der Waals surface area (Å²) in [6, 6.07) is 109. The Balaban J connectivity index is 0.000000107. The van der Waals surface area contributed by atoms with Gasteiger partial charge >= 0.3 is 0 Å². The molecule has 0 aliphatic rings. The van der Waals surface area contributed by atoms with Crippen molar-refractivity contribution in [1.82, 2.24) is 76.7 Å². The topological polar surface area (TPSA) is 199 Å². The van der Waals surface area contributed by atoms with Gasteiger partial charge in [0.1, 0.15) is 11.5 Å². The van der Waals surface area contributed by atoms with Crippen LogP contribution in [-0.2, 0) is 59.9 Å². The number of ether oxygens (including phenoxy) is 1. The van der Waals surface area contributed by atoms with Crippen molar-refractivity contribution >= 4 is 125 Å². The molecule has 131 heavy (non-hydrogen) atoms. The van der Waals surface area contributed by atoms with Crippen LogP contribution in [0.2, 0.25) is 0 Å². The second kappa shape index (κ2) is 37.3. The van der Waals surface area contributed by atoms with Gasteiger partial charge in [0.05, 0.1) is 82.7 Å². The molecule has 0 atom stereocenters. The van der Waals surface area contributed by atoms with Crippen LogP contribution in [0.15, 0.2) is 359 Å². The summed E-state index contributed by atoms with van der Waals surface area (Å²) in [6.07, 6.45) is 14.7. The van der Waals surface area contributed by atoms with Crippen molar-refractivity contribution in [2.45, 2.75) is 80.2 Å². The predicted molar refractivity (Wildman–Crippen MR) is 532 cm³/mol.